The summed E-state index contributed by atoms with van der Waals surface area (Å²) in [4.78, 5) is 14.4. The van der Waals surface area contributed by atoms with Gasteiger partial charge in [-0.25, -0.2) is 4.79 Å². The molecule has 2 bridgehead atoms. The van der Waals surface area contributed by atoms with Crippen molar-refractivity contribution in [1.82, 2.24) is 15.5 Å². The van der Waals surface area contributed by atoms with Crippen molar-refractivity contribution >= 4 is 11.8 Å². The fourth-order valence-electron chi connectivity index (χ4n) is 3.72. The fraction of sp³-hybridized carbons (Fsp3) is 0.706. The lowest BCUT2D eigenvalue weighted by molar-refractivity contribution is 0.0472. The highest BCUT2D eigenvalue weighted by Gasteiger charge is 2.43. The Hall–Kier alpha value is -2.05. The number of hydrogen-bond acceptors (Lipinski definition) is 6. The maximum absolute atomic E-state index is 12.1. The second-order valence-electron chi connectivity index (χ2n) is 7.63. The Morgan fingerprint density at radius 3 is 2.54 bits per heavy atom. The molecule has 1 amide bonds. The summed E-state index contributed by atoms with van der Waals surface area (Å²) in [5.41, 5.74) is 0.554. The van der Waals surface area contributed by atoms with Crippen molar-refractivity contribution in [2.24, 2.45) is 11.8 Å². The SMILES string of the molecule is COc1cc(N2CC3CC[C@@H](C2)[C@@H]3NC(=O)OC(C)(C)C)cnn1. The zero-order valence-corrected chi connectivity index (χ0v) is 14.8. The molecule has 3 rings (SSSR count). The van der Waals surface area contributed by atoms with Gasteiger partial charge in [-0.3, -0.25) is 0 Å². The number of nitrogens with one attached hydrogen (secondary N) is 1. The molecule has 7 heteroatoms. The van der Waals surface area contributed by atoms with Crippen molar-refractivity contribution in [2.75, 3.05) is 25.1 Å². The van der Waals surface area contributed by atoms with E-state index in [1.807, 2.05) is 26.8 Å². The molecule has 1 aliphatic heterocycles. The van der Waals surface area contributed by atoms with Crippen LogP contribution in [0.1, 0.15) is 33.6 Å². The molecule has 7 nitrogen and oxygen atoms in total. The van der Waals surface area contributed by atoms with Gasteiger partial charge in [0.1, 0.15) is 5.60 Å². The minimum atomic E-state index is -0.469. The van der Waals surface area contributed by atoms with Crippen LogP contribution in [0.2, 0.25) is 0 Å². The molecule has 1 saturated carbocycles. The van der Waals surface area contributed by atoms with Crippen LogP contribution in [0.5, 0.6) is 5.88 Å². The van der Waals surface area contributed by atoms with Crippen LogP contribution in [0, 0.1) is 11.8 Å². The Kier molecular flexibility index (Phi) is 4.51. The topological polar surface area (TPSA) is 76.6 Å². The molecule has 1 saturated heterocycles. The quantitative estimate of drug-likeness (QED) is 0.913. The molecule has 24 heavy (non-hydrogen) atoms. The number of alkyl carbamates (subject to hydrolysis) is 1. The van der Waals surface area contributed by atoms with Gasteiger partial charge in [-0.2, -0.15) is 5.10 Å². The van der Waals surface area contributed by atoms with Gasteiger partial charge >= 0.3 is 6.09 Å². The monoisotopic (exact) mass is 334 g/mol. The van der Waals surface area contributed by atoms with E-state index >= 15 is 0 Å². The normalized spacial score (nSPS) is 26.2. The molecule has 0 aromatic carbocycles. The highest BCUT2D eigenvalue weighted by Crippen LogP contribution is 2.39. The fourth-order valence-corrected chi connectivity index (χ4v) is 3.72. The van der Waals surface area contributed by atoms with Crippen molar-refractivity contribution in [3.63, 3.8) is 0 Å². The molecule has 2 fully saturated rings. The lowest BCUT2D eigenvalue weighted by atomic mass is 9.92. The van der Waals surface area contributed by atoms with E-state index in [9.17, 15) is 4.79 Å². The molecule has 0 spiro atoms. The van der Waals surface area contributed by atoms with Crippen LogP contribution < -0.4 is 15.0 Å². The zero-order valence-electron chi connectivity index (χ0n) is 14.8. The average molecular weight is 334 g/mol. The summed E-state index contributed by atoms with van der Waals surface area (Å²) >= 11 is 0. The van der Waals surface area contributed by atoms with E-state index in [0.717, 1.165) is 31.6 Å². The van der Waals surface area contributed by atoms with Crippen LogP contribution in [-0.4, -0.2) is 48.1 Å². The molecule has 1 N–H and O–H groups in total. The third kappa shape index (κ3) is 3.71. The first-order valence-corrected chi connectivity index (χ1v) is 8.47. The predicted molar refractivity (Wildman–Crippen MR) is 90.2 cm³/mol. The van der Waals surface area contributed by atoms with Gasteiger partial charge in [-0.05, 0) is 45.4 Å². The van der Waals surface area contributed by atoms with E-state index < -0.39 is 5.60 Å². The minimum absolute atomic E-state index is 0.188. The van der Waals surface area contributed by atoms with Gasteiger partial charge in [-0.1, -0.05) is 0 Å². The van der Waals surface area contributed by atoms with Crippen molar-refractivity contribution < 1.29 is 14.3 Å². The van der Waals surface area contributed by atoms with Crippen LogP contribution >= 0.6 is 0 Å². The van der Waals surface area contributed by atoms with Crippen molar-refractivity contribution in [3.05, 3.63) is 12.3 Å². The summed E-state index contributed by atoms with van der Waals surface area (Å²) in [5, 5.41) is 11.0. The van der Waals surface area contributed by atoms with E-state index in [2.05, 4.69) is 20.4 Å². The number of amides is 1. The number of carbonyl (C=O) groups excluding carboxylic acids is 1. The van der Waals surface area contributed by atoms with Gasteiger partial charge in [0.05, 0.1) is 19.0 Å². The van der Waals surface area contributed by atoms with Crippen molar-refractivity contribution in [3.8, 4) is 5.88 Å². The highest BCUT2D eigenvalue weighted by atomic mass is 16.6. The molecule has 2 heterocycles. The van der Waals surface area contributed by atoms with Crippen molar-refractivity contribution in [1.29, 1.82) is 0 Å². The summed E-state index contributed by atoms with van der Waals surface area (Å²) in [7, 11) is 1.59. The molecule has 1 aliphatic carbocycles. The first-order valence-electron chi connectivity index (χ1n) is 8.47. The van der Waals surface area contributed by atoms with Gasteiger partial charge in [0.15, 0.2) is 0 Å². The Morgan fingerprint density at radius 1 is 1.29 bits per heavy atom. The number of ether oxygens (including phenoxy) is 2. The first-order chi connectivity index (χ1) is 11.4. The average Bonchev–Trinajstić information content (AvgIpc) is 2.75. The Morgan fingerprint density at radius 2 is 1.96 bits per heavy atom. The molecule has 2 aliphatic rings. The Bertz CT molecular complexity index is 588. The van der Waals surface area contributed by atoms with E-state index in [1.165, 1.54) is 0 Å². The zero-order chi connectivity index (χ0) is 17.3. The van der Waals surface area contributed by atoms with E-state index in [-0.39, 0.29) is 12.1 Å². The van der Waals surface area contributed by atoms with Crippen LogP contribution in [-0.2, 0) is 4.74 Å². The van der Waals surface area contributed by atoms with E-state index in [1.54, 1.807) is 13.3 Å². The molecule has 0 radical (unpaired) electrons. The number of aromatic nitrogens is 2. The van der Waals surface area contributed by atoms with E-state index in [4.69, 9.17) is 9.47 Å². The largest absolute Gasteiger partial charge is 0.480 e. The summed E-state index contributed by atoms with van der Waals surface area (Å²) in [6.45, 7) is 7.44. The second kappa shape index (κ2) is 6.45. The number of carbonyl (C=O) groups is 1. The lowest BCUT2D eigenvalue weighted by Gasteiger charge is -2.39. The standard InChI is InChI=1S/C17H26N4O3/c1-17(2,3)24-16(22)19-15-11-5-6-12(15)10-21(9-11)13-7-14(23-4)20-18-8-13/h7-8,11-12,15H,5-6,9-10H2,1-4H3,(H,19,22)/t11-,12?,15-/m0/s1. The lowest BCUT2D eigenvalue weighted by Crippen LogP contribution is -2.53. The van der Waals surface area contributed by atoms with Crippen LogP contribution in [0.25, 0.3) is 0 Å². The second-order valence-corrected chi connectivity index (χ2v) is 7.63. The summed E-state index contributed by atoms with van der Waals surface area (Å²) in [6, 6.07) is 2.10. The molecule has 1 aromatic heterocycles. The van der Waals surface area contributed by atoms with Gasteiger partial charge in [0.25, 0.3) is 0 Å². The van der Waals surface area contributed by atoms with Crippen LogP contribution in [0.4, 0.5) is 10.5 Å². The third-order valence-corrected chi connectivity index (χ3v) is 4.71. The number of hydrogen-bond donors (Lipinski definition) is 1. The first kappa shape index (κ1) is 16.8. The van der Waals surface area contributed by atoms with Gasteiger partial charge < -0.3 is 19.7 Å². The van der Waals surface area contributed by atoms with Gasteiger partial charge in [-0.15, -0.1) is 5.10 Å². The maximum Gasteiger partial charge on any atom is 0.407 e. The molecular weight excluding hydrogens is 308 g/mol. The third-order valence-electron chi connectivity index (χ3n) is 4.71. The predicted octanol–water partition coefficient (Wildman–Crippen LogP) is 2.22. The van der Waals surface area contributed by atoms with Crippen LogP contribution in [0.15, 0.2) is 12.3 Å². The number of nitrogens with zero attached hydrogens (tertiary/aromatic N) is 3. The maximum atomic E-state index is 12.1. The molecule has 1 aromatic rings. The minimum Gasteiger partial charge on any atom is -0.480 e. The van der Waals surface area contributed by atoms with Crippen LogP contribution in [0.3, 0.4) is 0 Å². The summed E-state index contributed by atoms with van der Waals surface area (Å²) in [6.07, 6.45) is 3.70. The van der Waals surface area contributed by atoms with Crippen molar-refractivity contribution in [2.45, 2.75) is 45.3 Å². The highest BCUT2D eigenvalue weighted by molar-refractivity contribution is 5.68. The number of methoxy groups -OCH3 is 1. The van der Waals surface area contributed by atoms with Gasteiger partial charge in [0, 0.05) is 25.2 Å². The smallest absolute Gasteiger partial charge is 0.407 e. The molecule has 132 valence electrons. The molecule has 1 unspecified atom stereocenters. The van der Waals surface area contributed by atoms with E-state index in [0.29, 0.717) is 17.7 Å². The molecule has 3 atom stereocenters. The summed E-state index contributed by atoms with van der Waals surface area (Å²) < 4.78 is 10.6. The number of rotatable bonds is 3. The van der Waals surface area contributed by atoms with Gasteiger partial charge in [0.2, 0.25) is 5.88 Å². The number of fused-ring (bicyclic) bond motifs is 2. The molecular formula is C17H26N4O3. The summed E-state index contributed by atoms with van der Waals surface area (Å²) in [5.74, 6) is 1.37. The Labute approximate surface area is 142 Å². The number of piperidine rings is 1. The Balaban J connectivity index is 1.65. The number of anilines is 1.